The molecule has 3 heteroatoms. The van der Waals surface area contributed by atoms with E-state index in [1.54, 1.807) is 0 Å². The fourth-order valence-corrected chi connectivity index (χ4v) is 3.23. The molecule has 1 aliphatic rings. The van der Waals surface area contributed by atoms with Crippen LogP contribution in [0.4, 0.5) is 0 Å². The number of aryl methyl sites for hydroxylation is 2. The highest BCUT2D eigenvalue weighted by Crippen LogP contribution is 2.19. The second-order valence-corrected chi connectivity index (χ2v) is 6.21. The molecule has 1 amide bonds. The van der Waals surface area contributed by atoms with Gasteiger partial charge in [0.15, 0.2) is 0 Å². The summed E-state index contributed by atoms with van der Waals surface area (Å²) in [6, 6.07) is 6.10. The van der Waals surface area contributed by atoms with Gasteiger partial charge in [-0.15, -0.1) is 0 Å². The zero-order chi connectivity index (χ0) is 15.2. The Kier molecular flexibility index (Phi) is 5.80. The van der Waals surface area contributed by atoms with Crippen molar-refractivity contribution in [3.8, 4) is 0 Å². The molecule has 0 aliphatic carbocycles. The van der Waals surface area contributed by atoms with E-state index in [1.165, 1.54) is 12.8 Å². The third kappa shape index (κ3) is 4.07. The summed E-state index contributed by atoms with van der Waals surface area (Å²) in [5, 5.41) is 3.40. The fourth-order valence-electron chi connectivity index (χ4n) is 3.23. The van der Waals surface area contributed by atoms with Gasteiger partial charge in [-0.25, -0.2) is 0 Å². The minimum atomic E-state index is 0.214. The number of benzene rings is 1. The molecule has 21 heavy (non-hydrogen) atoms. The Morgan fingerprint density at radius 1 is 1.24 bits per heavy atom. The number of nitrogens with one attached hydrogen (secondary N) is 1. The topological polar surface area (TPSA) is 32.3 Å². The first-order chi connectivity index (χ1) is 10.1. The Bertz CT molecular complexity index is 458. The number of carbonyl (C=O) groups is 1. The Hall–Kier alpha value is -1.35. The lowest BCUT2D eigenvalue weighted by atomic mass is 9.96. The first kappa shape index (κ1) is 16.0. The van der Waals surface area contributed by atoms with Gasteiger partial charge in [-0.2, -0.15) is 0 Å². The maximum absolute atomic E-state index is 13.0. The first-order valence-electron chi connectivity index (χ1n) is 8.19. The van der Waals surface area contributed by atoms with E-state index >= 15 is 0 Å². The van der Waals surface area contributed by atoms with Gasteiger partial charge in [-0.05, 0) is 63.2 Å². The van der Waals surface area contributed by atoms with Gasteiger partial charge < -0.3 is 10.2 Å². The standard InChI is InChI=1S/C18H28N2O/c1-4-12-20(13-16-8-10-19-11-9-16)18(21)17-14(2)6-5-7-15(17)3/h5-7,16,19H,4,8-13H2,1-3H3. The molecule has 0 spiro atoms. The average molecular weight is 288 g/mol. The van der Waals surface area contributed by atoms with Crippen molar-refractivity contribution in [3.05, 3.63) is 34.9 Å². The van der Waals surface area contributed by atoms with Crippen LogP contribution in [0.25, 0.3) is 0 Å². The number of carbonyl (C=O) groups excluding carboxylic acids is 1. The first-order valence-corrected chi connectivity index (χ1v) is 8.19. The lowest BCUT2D eigenvalue weighted by Gasteiger charge is -2.30. The van der Waals surface area contributed by atoms with Crippen molar-refractivity contribution in [1.29, 1.82) is 0 Å². The normalized spacial score (nSPS) is 16.0. The second kappa shape index (κ2) is 7.60. The Labute approximate surface area is 128 Å². The number of nitrogens with zero attached hydrogens (tertiary/aromatic N) is 1. The van der Waals surface area contributed by atoms with E-state index in [2.05, 4.69) is 17.1 Å². The zero-order valence-corrected chi connectivity index (χ0v) is 13.6. The Morgan fingerprint density at radius 2 is 1.86 bits per heavy atom. The maximum atomic E-state index is 13.0. The van der Waals surface area contributed by atoms with Crippen molar-refractivity contribution < 1.29 is 4.79 Å². The number of rotatable bonds is 5. The maximum Gasteiger partial charge on any atom is 0.254 e. The third-order valence-corrected chi connectivity index (χ3v) is 4.41. The highest BCUT2D eigenvalue weighted by atomic mass is 16.2. The van der Waals surface area contributed by atoms with E-state index in [1.807, 2.05) is 32.0 Å². The molecule has 1 N–H and O–H groups in total. The van der Waals surface area contributed by atoms with Gasteiger partial charge in [0.2, 0.25) is 0 Å². The molecule has 3 nitrogen and oxygen atoms in total. The van der Waals surface area contributed by atoms with Crippen molar-refractivity contribution in [2.45, 2.75) is 40.0 Å². The molecule has 1 aromatic carbocycles. The lowest BCUT2D eigenvalue weighted by Crippen LogP contribution is -2.40. The molecule has 0 aromatic heterocycles. The van der Waals surface area contributed by atoms with Gasteiger partial charge in [-0.3, -0.25) is 4.79 Å². The van der Waals surface area contributed by atoms with Crippen LogP contribution in [0.3, 0.4) is 0 Å². The van der Waals surface area contributed by atoms with Gasteiger partial charge in [-0.1, -0.05) is 25.1 Å². The summed E-state index contributed by atoms with van der Waals surface area (Å²) in [6.07, 6.45) is 3.38. The molecule has 0 bridgehead atoms. The summed E-state index contributed by atoms with van der Waals surface area (Å²) in [6.45, 7) is 10.2. The van der Waals surface area contributed by atoms with Crippen molar-refractivity contribution >= 4 is 5.91 Å². The molecule has 0 unspecified atom stereocenters. The van der Waals surface area contributed by atoms with Crippen molar-refractivity contribution in [2.75, 3.05) is 26.2 Å². The van der Waals surface area contributed by atoms with Gasteiger partial charge >= 0.3 is 0 Å². The van der Waals surface area contributed by atoms with Crippen LogP contribution in [0.15, 0.2) is 18.2 Å². The van der Waals surface area contributed by atoms with E-state index in [0.29, 0.717) is 5.92 Å². The molecular weight excluding hydrogens is 260 g/mol. The summed E-state index contributed by atoms with van der Waals surface area (Å²) in [7, 11) is 0. The number of hydrogen-bond acceptors (Lipinski definition) is 2. The molecule has 1 aliphatic heterocycles. The summed E-state index contributed by atoms with van der Waals surface area (Å²) < 4.78 is 0. The van der Waals surface area contributed by atoms with Crippen LogP contribution < -0.4 is 5.32 Å². The minimum absolute atomic E-state index is 0.214. The van der Waals surface area contributed by atoms with E-state index in [-0.39, 0.29) is 5.91 Å². The number of hydrogen-bond donors (Lipinski definition) is 1. The summed E-state index contributed by atoms with van der Waals surface area (Å²) in [4.78, 5) is 15.0. The van der Waals surface area contributed by atoms with Crippen LogP contribution in [-0.4, -0.2) is 37.0 Å². The largest absolute Gasteiger partial charge is 0.338 e. The van der Waals surface area contributed by atoms with E-state index in [4.69, 9.17) is 0 Å². The molecular formula is C18H28N2O. The molecule has 116 valence electrons. The number of amides is 1. The van der Waals surface area contributed by atoms with Crippen LogP contribution in [0.1, 0.15) is 47.7 Å². The zero-order valence-electron chi connectivity index (χ0n) is 13.6. The van der Waals surface area contributed by atoms with Crippen LogP contribution in [0.5, 0.6) is 0 Å². The molecule has 0 saturated carbocycles. The quantitative estimate of drug-likeness (QED) is 0.902. The smallest absolute Gasteiger partial charge is 0.254 e. The summed E-state index contributed by atoms with van der Waals surface area (Å²) in [5.74, 6) is 0.858. The SMILES string of the molecule is CCCN(CC1CCNCC1)C(=O)c1c(C)cccc1C. The van der Waals surface area contributed by atoms with Gasteiger partial charge in [0.1, 0.15) is 0 Å². The lowest BCUT2D eigenvalue weighted by molar-refractivity contribution is 0.0715. The van der Waals surface area contributed by atoms with E-state index < -0.39 is 0 Å². The van der Waals surface area contributed by atoms with Gasteiger partial charge in [0, 0.05) is 18.7 Å². The van der Waals surface area contributed by atoms with Gasteiger partial charge in [0.05, 0.1) is 0 Å². The predicted octanol–water partition coefficient (Wildman–Crippen LogP) is 3.16. The molecule has 1 fully saturated rings. The predicted molar refractivity (Wildman–Crippen MR) is 87.7 cm³/mol. The molecule has 0 atom stereocenters. The van der Waals surface area contributed by atoms with Gasteiger partial charge in [0.25, 0.3) is 5.91 Å². The highest BCUT2D eigenvalue weighted by molar-refractivity contribution is 5.97. The highest BCUT2D eigenvalue weighted by Gasteiger charge is 2.23. The van der Waals surface area contributed by atoms with Crippen LogP contribution >= 0.6 is 0 Å². The third-order valence-electron chi connectivity index (χ3n) is 4.41. The number of piperidine rings is 1. The van der Waals surface area contributed by atoms with Crippen molar-refractivity contribution in [2.24, 2.45) is 5.92 Å². The monoisotopic (exact) mass is 288 g/mol. The Morgan fingerprint density at radius 3 is 2.43 bits per heavy atom. The van der Waals surface area contributed by atoms with E-state index in [9.17, 15) is 4.79 Å². The molecule has 1 heterocycles. The van der Waals surface area contributed by atoms with Crippen LogP contribution in [0.2, 0.25) is 0 Å². The molecule has 2 rings (SSSR count). The van der Waals surface area contributed by atoms with Crippen LogP contribution in [-0.2, 0) is 0 Å². The van der Waals surface area contributed by atoms with Crippen molar-refractivity contribution in [1.82, 2.24) is 10.2 Å². The van der Waals surface area contributed by atoms with Crippen molar-refractivity contribution in [3.63, 3.8) is 0 Å². The minimum Gasteiger partial charge on any atom is -0.338 e. The summed E-state index contributed by atoms with van der Waals surface area (Å²) >= 11 is 0. The Balaban J connectivity index is 2.14. The molecule has 1 saturated heterocycles. The van der Waals surface area contributed by atoms with Crippen LogP contribution in [0, 0.1) is 19.8 Å². The summed E-state index contributed by atoms with van der Waals surface area (Å²) in [5.41, 5.74) is 3.08. The average Bonchev–Trinajstić information content (AvgIpc) is 2.47. The fraction of sp³-hybridized carbons (Fsp3) is 0.611. The molecule has 0 radical (unpaired) electrons. The second-order valence-electron chi connectivity index (χ2n) is 6.21. The molecule has 1 aromatic rings. The van der Waals surface area contributed by atoms with E-state index in [0.717, 1.165) is 49.3 Å².